The third-order valence-electron chi connectivity index (χ3n) is 4.61. The maximum absolute atomic E-state index is 9.64. The summed E-state index contributed by atoms with van der Waals surface area (Å²) in [6.45, 7) is 4.87. The summed E-state index contributed by atoms with van der Waals surface area (Å²) in [5.74, 6) is 2.46. The Hall–Kier alpha value is -1.95. The molecule has 0 amide bonds. The molecule has 3 N–H and O–H groups in total. The quantitative estimate of drug-likeness (QED) is 0.575. The van der Waals surface area contributed by atoms with Crippen LogP contribution in [0.5, 0.6) is 11.5 Å². The maximum Gasteiger partial charge on any atom is 0.191 e. The predicted octanol–water partition coefficient (Wildman–Crippen LogP) is 2.21. The molecule has 1 aromatic carbocycles. The van der Waals surface area contributed by atoms with Gasteiger partial charge in [-0.25, -0.2) is 4.99 Å². The lowest BCUT2D eigenvalue weighted by atomic mass is 9.93. The third kappa shape index (κ3) is 5.26. The monoisotopic (exact) mass is 347 g/mol. The van der Waals surface area contributed by atoms with Crippen molar-refractivity contribution in [3.63, 3.8) is 0 Å². The van der Waals surface area contributed by atoms with E-state index in [1.807, 2.05) is 18.2 Å². The highest BCUT2D eigenvalue weighted by atomic mass is 16.5. The largest absolute Gasteiger partial charge is 0.490 e. The van der Waals surface area contributed by atoms with Crippen molar-refractivity contribution in [3.8, 4) is 11.5 Å². The highest BCUT2D eigenvalue weighted by molar-refractivity contribution is 5.80. The summed E-state index contributed by atoms with van der Waals surface area (Å²) < 4.78 is 11.4. The molecule has 1 aromatic rings. The topological polar surface area (TPSA) is 75.1 Å². The number of benzene rings is 1. The van der Waals surface area contributed by atoms with Gasteiger partial charge in [0.2, 0.25) is 0 Å². The molecule has 1 aliphatic heterocycles. The summed E-state index contributed by atoms with van der Waals surface area (Å²) in [4.78, 5) is 4.70. The molecule has 6 heteroatoms. The van der Waals surface area contributed by atoms with Crippen LogP contribution in [0.2, 0.25) is 0 Å². The average Bonchev–Trinajstić information content (AvgIpc) is 2.86. The minimum atomic E-state index is -0.139. The van der Waals surface area contributed by atoms with Crippen LogP contribution in [0.1, 0.15) is 44.6 Å². The van der Waals surface area contributed by atoms with Gasteiger partial charge in [0.15, 0.2) is 17.5 Å². The molecule has 0 unspecified atom stereocenters. The summed E-state index contributed by atoms with van der Waals surface area (Å²) in [5.41, 5.74) is 1.10. The van der Waals surface area contributed by atoms with E-state index < -0.39 is 0 Å². The number of guanidine groups is 1. The number of hydrogen-bond acceptors (Lipinski definition) is 4. The number of nitrogens with one attached hydrogen (secondary N) is 2. The SMILES string of the molecule is CCNC(=NCc1ccc2c(c1)OCCCO2)NC1CCC(O)CC1. The number of aliphatic hydroxyl groups is 1. The van der Waals surface area contributed by atoms with Crippen LogP contribution in [-0.2, 0) is 6.54 Å². The van der Waals surface area contributed by atoms with Gasteiger partial charge in [0.25, 0.3) is 0 Å². The molecule has 1 aliphatic carbocycles. The molecule has 138 valence electrons. The first-order valence-corrected chi connectivity index (χ1v) is 9.36. The number of aliphatic imine (C=N–C) groups is 1. The van der Waals surface area contributed by atoms with Crippen molar-refractivity contribution < 1.29 is 14.6 Å². The lowest BCUT2D eigenvalue weighted by Gasteiger charge is -2.27. The van der Waals surface area contributed by atoms with Crippen molar-refractivity contribution >= 4 is 5.96 Å². The molecular formula is C19H29N3O3. The molecule has 1 heterocycles. The van der Waals surface area contributed by atoms with E-state index in [1.165, 1.54) is 0 Å². The van der Waals surface area contributed by atoms with Crippen LogP contribution < -0.4 is 20.1 Å². The second-order valence-corrected chi connectivity index (χ2v) is 6.68. The molecule has 2 aliphatic rings. The summed E-state index contributed by atoms with van der Waals surface area (Å²) in [5, 5.41) is 16.4. The van der Waals surface area contributed by atoms with Gasteiger partial charge in [-0.1, -0.05) is 6.07 Å². The fourth-order valence-corrected chi connectivity index (χ4v) is 3.21. The molecule has 3 rings (SSSR count). The minimum absolute atomic E-state index is 0.139. The molecule has 25 heavy (non-hydrogen) atoms. The van der Waals surface area contributed by atoms with Gasteiger partial charge in [-0.2, -0.15) is 0 Å². The van der Waals surface area contributed by atoms with Crippen LogP contribution in [0.4, 0.5) is 0 Å². The molecule has 0 aromatic heterocycles. The Bertz CT molecular complexity index is 583. The fourth-order valence-electron chi connectivity index (χ4n) is 3.21. The van der Waals surface area contributed by atoms with Crippen LogP contribution in [0, 0.1) is 0 Å². The molecule has 0 bridgehead atoms. The predicted molar refractivity (Wildman–Crippen MR) is 98.3 cm³/mol. The van der Waals surface area contributed by atoms with Crippen LogP contribution in [0.25, 0.3) is 0 Å². The van der Waals surface area contributed by atoms with E-state index in [4.69, 9.17) is 14.5 Å². The molecule has 1 saturated carbocycles. The zero-order valence-corrected chi connectivity index (χ0v) is 15.0. The van der Waals surface area contributed by atoms with Crippen LogP contribution >= 0.6 is 0 Å². The number of fused-ring (bicyclic) bond motifs is 1. The van der Waals surface area contributed by atoms with Crippen molar-refractivity contribution in [3.05, 3.63) is 23.8 Å². The Morgan fingerprint density at radius 2 is 1.92 bits per heavy atom. The second-order valence-electron chi connectivity index (χ2n) is 6.68. The van der Waals surface area contributed by atoms with Crippen molar-refractivity contribution in [1.82, 2.24) is 10.6 Å². The number of nitrogens with zero attached hydrogens (tertiary/aromatic N) is 1. The Labute approximate surface area is 149 Å². The molecule has 0 saturated heterocycles. The minimum Gasteiger partial charge on any atom is -0.490 e. The van der Waals surface area contributed by atoms with Gasteiger partial charge < -0.3 is 25.2 Å². The first kappa shape index (κ1) is 17.9. The van der Waals surface area contributed by atoms with Crippen molar-refractivity contribution in [2.45, 2.75) is 57.7 Å². The summed E-state index contributed by atoms with van der Waals surface area (Å²) in [6, 6.07) is 6.40. The van der Waals surface area contributed by atoms with Gasteiger partial charge in [-0.05, 0) is 50.3 Å². The number of rotatable bonds is 4. The van der Waals surface area contributed by atoms with E-state index in [-0.39, 0.29) is 6.10 Å². The third-order valence-corrected chi connectivity index (χ3v) is 4.61. The smallest absolute Gasteiger partial charge is 0.191 e. The van der Waals surface area contributed by atoms with Gasteiger partial charge in [0.1, 0.15) is 0 Å². The van der Waals surface area contributed by atoms with Gasteiger partial charge in [-0.3, -0.25) is 0 Å². The first-order chi connectivity index (χ1) is 12.2. The average molecular weight is 347 g/mol. The highest BCUT2D eigenvalue weighted by Crippen LogP contribution is 2.30. The summed E-state index contributed by atoms with van der Waals surface area (Å²) in [6.07, 6.45) is 4.45. The number of ether oxygens (including phenoxy) is 2. The molecule has 0 atom stereocenters. The lowest BCUT2D eigenvalue weighted by Crippen LogP contribution is -2.45. The van der Waals surface area contributed by atoms with E-state index in [9.17, 15) is 5.11 Å². The van der Waals surface area contributed by atoms with E-state index in [0.717, 1.165) is 61.7 Å². The van der Waals surface area contributed by atoms with Gasteiger partial charge in [-0.15, -0.1) is 0 Å². The van der Waals surface area contributed by atoms with E-state index in [1.54, 1.807) is 0 Å². The fraction of sp³-hybridized carbons (Fsp3) is 0.632. The number of aliphatic hydroxyl groups excluding tert-OH is 1. The van der Waals surface area contributed by atoms with Crippen molar-refractivity contribution in [2.24, 2.45) is 4.99 Å². The van der Waals surface area contributed by atoms with E-state index in [0.29, 0.717) is 25.8 Å². The van der Waals surface area contributed by atoms with E-state index >= 15 is 0 Å². The Balaban J connectivity index is 1.62. The second kappa shape index (κ2) is 8.94. The van der Waals surface area contributed by atoms with Crippen molar-refractivity contribution in [1.29, 1.82) is 0 Å². The maximum atomic E-state index is 9.64. The summed E-state index contributed by atoms with van der Waals surface area (Å²) in [7, 11) is 0. The molecule has 1 fully saturated rings. The lowest BCUT2D eigenvalue weighted by molar-refractivity contribution is 0.120. The Morgan fingerprint density at radius 1 is 1.16 bits per heavy atom. The zero-order valence-electron chi connectivity index (χ0n) is 15.0. The Morgan fingerprint density at radius 3 is 2.68 bits per heavy atom. The van der Waals surface area contributed by atoms with Crippen LogP contribution in [-0.4, -0.2) is 43.0 Å². The van der Waals surface area contributed by atoms with Crippen LogP contribution in [0.15, 0.2) is 23.2 Å². The normalized spacial score (nSPS) is 23.7. The molecular weight excluding hydrogens is 318 g/mol. The summed E-state index contributed by atoms with van der Waals surface area (Å²) >= 11 is 0. The van der Waals surface area contributed by atoms with Crippen LogP contribution in [0.3, 0.4) is 0 Å². The van der Waals surface area contributed by atoms with Gasteiger partial charge in [0.05, 0.1) is 25.9 Å². The van der Waals surface area contributed by atoms with E-state index in [2.05, 4.69) is 17.6 Å². The van der Waals surface area contributed by atoms with Gasteiger partial charge in [0, 0.05) is 19.0 Å². The molecule has 0 radical (unpaired) electrons. The molecule has 0 spiro atoms. The van der Waals surface area contributed by atoms with Gasteiger partial charge >= 0.3 is 0 Å². The van der Waals surface area contributed by atoms with Crippen molar-refractivity contribution in [2.75, 3.05) is 19.8 Å². The standard InChI is InChI=1S/C19H29N3O3/c1-2-20-19(22-15-5-7-16(23)8-6-15)21-13-14-4-9-17-18(12-14)25-11-3-10-24-17/h4,9,12,15-16,23H,2-3,5-8,10-11,13H2,1H3,(H2,20,21,22). The number of hydrogen-bond donors (Lipinski definition) is 3. The Kier molecular flexibility index (Phi) is 6.39. The zero-order chi connectivity index (χ0) is 17.5. The first-order valence-electron chi connectivity index (χ1n) is 9.36. The molecule has 6 nitrogen and oxygen atoms in total. The highest BCUT2D eigenvalue weighted by Gasteiger charge is 2.20.